The van der Waals surface area contributed by atoms with Crippen LogP contribution >= 0.6 is 34.8 Å². The summed E-state index contributed by atoms with van der Waals surface area (Å²) in [7, 11) is 0. The normalized spacial score (nSPS) is 17.3. The second kappa shape index (κ2) is 8.43. The summed E-state index contributed by atoms with van der Waals surface area (Å²) in [5, 5.41) is 5.66. The van der Waals surface area contributed by atoms with Crippen LogP contribution in [0.2, 0.25) is 15.1 Å². The first-order valence-electron chi connectivity index (χ1n) is 11.0. The van der Waals surface area contributed by atoms with E-state index in [-0.39, 0.29) is 5.56 Å². The first kappa shape index (κ1) is 21.7. The standard InChI is InChI=1S/C26H19Cl3N4O/c27-19-5-2-1-4-17(19)25-18-8-9-24(34)33(26-20(28)6-3-7-21(26)29)22(18)13-23(31-25)32-14-15-12-16(32)10-11-30-15/h1-10,13,15,30H,11-12,14H2. The monoisotopic (exact) mass is 508 g/mol. The molecule has 2 aliphatic rings. The van der Waals surface area contributed by atoms with Crippen LogP contribution in [0, 0.1) is 0 Å². The van der Waals surface area contributed by atoms with Crippen LogP contribution in [-0.2, 0) is 0 Å². The van der Waals surface area contributed by atoms with Crippen molar-refractivity contribution in [3.8, 4) is 16.9 Å². The molecule has 2 aromatic heterocycles. The molecule has 5 nitrogen and oxygen atoms in total. The van der Waals surface area contributed by atoms with Crippen molar-refractivity contribution in [2.24, 2.45) is 0 Å². The number of anilines is 1. The third-order valence-corrected chi connectivity index (χ3v) is 7.33. The second-order valence-electron chi connectivity index (χ2n) is 8.43. The molecule has 1 saturated heterocycles. The van der Waals surface area contributed by atoms with E-state index in [1.54, 1.807) is 28.8 Å². The van der Waals surface area contributed by atoms with Gasteiger partial charge in [0, 0.05) is 59.4 Å². The van der Waals surface area contributed by atoms with Gasteiger partial charge in [0.15, 0.2) is 0 Å². The molecular formula is C26H19Cl3N4O. The number of rotatable bonds is 3. The molecule has 4 aromatic rings. The van der Waals surface area contributed by atoms with Crippen LogP contribution in [-0.4, -0.2) is 28.7 Å². The number of hydrogen-bond acceptors (Lipinski definition) is 4. The number of halogens is 3. The van der Waals surface area contributed by atoms with Crippen LogP contribution in [0.5, 0.6) is 0 Å². The highest BCUT2D eigenvalue weighted by Gasteiger charge is 2.31. The molecule has 0 radical (unpaired) electrons. The van der Waals surface area contributed by atoms with E-state index < -0.39 is 0 Å². The Labute approximate surface area is 211 Å². The summed E-state index contributed by atoms with van der Waals surface area (Å²) in [5.74, 6) is 0.752. The van der Waals surface area contributed by atoms with Gasteiger partial charge in [0.25, 0.3) is 5.56 Å². The molecule has 2 aromatic carbocycles. The van der Waals surface area contributed by atoms with E-state index in [0.717, 1.165) is 36.3 Å². The van der Waals surface area contributed by atoms with Crippen molar-refractivity contribution in [1.29, 1.82) is 0 Å². The zero-order valence-electron chi connectivity index (χ0n) is 17.9. The average Bonchev–Trinajstić information content (AvgIpc) is 3.12. The molecule has 0 spiro atoms. The van der Waals surface area contributed by atoms with Gasteiger partial charge in [0.1, 0.15) is 5.82 Å². The van der Waals surface area contributed by atoms with E-state index in [1.807, 2.05) is 30.3 Å². The molecule has 0 aliphatic carbocycles. The highest BCUT2D eigenvalue weighted by Crippen LogP contribution is 2.38. The highest BCUT2D eigenvalue weighted by molar-refractivity contribution is 6.38. The molecule has 1 unspecified atom stereocenters. The van der Waals surface area contributed by atoms with E-state index in [2.05, 4.69) is 16.3 Å². The van der Waals surface area contributed by atoms with Crippen LogP contribution < -0.4 is 15.8 Å². The largest absolute Gasteiger partial charge is 0.329 e. The van der Waals surface area contributed by atoms with Gasteiger partial charge in [-0.3, -0.25) is 9.36 Å². The maximum atomic E-state index is 13.2. The molecule has 4 heterocycles. The maximum absolute atomic E-state index is 13.2. The molecule has 8 heteroatoms. The number of pyridine rings is 2. The first-order chi connectivity index (χ1) is 16.5. The fourth-order valence-electron chi connectivity index (χ4n) is 4.83. The predicted octanol–water partition coefficient (Wildman–Crippen LogP) is 6.08. The van der Waals surface area contributed by atoms with Crippen molar-refractivity contribution in [3.63, 3.8) is 0 Å². The fourth-order valence-corrected chi connectivity index (χ4v) is 5.63. The van der Waals surface area contributed by atoms with Crippen LogP contribution in [0.15, 0.2) is 77.2 Å². The third-order valence-electron chi connectivity index (χ3n) is 6.39. The van der Waals surface area contributed by atoms with Gasteiger partial charge >= 0.3 is 0 Å². The number of nitrogens with one attached hydrogen (secondary N) is 1. The van der Waals surface area contributed by atoms with Crippen LogP contribution in [0.3, 0.4) is 0 Å². The van der Waals surface area contributed by atoms with Crippen molar-refractivity contribution in [3.05, 3.63) is 97.9 Å². The predicted molar refractivity (Wildman–Crippen MR) is 140 cm³/mol. The summed E-state index contributed by atoms with van der Waals surface area (Å²) in [6, 6.07) is 18.4. The Morgan fingerprint density at radius 2 is 1.71 bits per heavy atom. The van der Waals surface area contributed by atoms with Gasteiger partial charge in [-0.15, -0.1) is 0 Å². The number of hydrogen-bond donors (Lipinski definition) is 1. The Morgan fingerprint density at radius 1 is 0.941 bits per heavy atom. The third kappa shape index (κ3) is 3.51. The van der Waals surface area contributed by atoms with Gasteiger partial charge < -0.3 is 10.2 Å². The quantitative estimate of drug-likeness (QED) is 0.364. The molecule has 2 aliphatic heterocycles. The van der Waals surface area contributed by atoms with Gasteiger partial charge in [-0.1, -0.05) is 65.1 Å². The van der Waals surface area contributed by atoms with Crippen molar-refractivity contribution < 1.29 is 0 Å². The molecule has 1 fully saturated rings. The molecule has 170 valence electrons. The number of para-hydroxylation sites is 1. The minimum Gasteiger partial charge on any atom is -0.329 e. The van der Waals surface area contributed by atoms with Gasteiger partial charge in [-0.2, -0.15) is 0 Å². The van der Waals surface area contributed by atoms with E-state index in [1.165, 1.54) is 11.8 Å². The highest BCUT2D eigenvalue weighted by atomic mass is 35.5. The van der Waals surface area contributed by atoms with E-state index in [4.69, 9.17) is 39.8 Å². The Kier molecular flexibility index (Phi) is 5.38. The summed E-state index contributed by atoms with van der Waals surface area (Å²) >= 11 is 19.7. The molecule has 1 atom stereocenters. The Balaban J connectivity index is 1.71. The maximum Gasteiger partial charge on any atom is 0.255 e. The van der Waals surface area contributed by atoms with Crippen molar-refractivity contribution in [2.75, 3.05) is 18.0 Å². The average molecular weight is 510 g/mol. The topological polar surface area (TPSA) is 50.2 Å². The summed E-state index contributed by atoms with van der Waals surface area (Å²) in [6.45, 7) is 1.64. The smallest absolute Gasteiger partial charge is 0.255 e. The van der Waals surface area contributed by atoms with Crippen molar-refractivity contribution in [2.45, 2.75) is 12.5 Å². The van der Waals surface area contributed by atoms with Gasteiger partial charge in [-0.25, -0.2) is 4.98 Å². The fraction of sp³-hybridized carbons (Fsp3) is 0.154. The van der Waals surface area contributed by atoms with E-state index >= 15 is 0 Å². The van der Waals surface area contributed by atoms with Crippen LogP contribution in [0.1, 0.15) is 6.42 Å². The first-order valence-corrected chi connectivity index (χ1v) is 12.1. The lowest BCUT2D eigenvalue weighted by atomic mass is 10.1. The summed E-state index contributed by atoms with van der Waals surface area (Å²) in [5.41, 5.74) is 3.60. The number of fused-ring (bicyclic) bond motifs is 3. The number of aromatic nitrogens is 2. The summed E-state index contributed by atoms with van der Waals surface area (Å²) in [4.78, 5) is 20.5. The van der Waals surface area contributed by atoms with Crippen LogP contribution in [0.25, 0.3) is 27.8 Å². The molecule has 1 N–H and O–H groups in total. The Bertz CT molecular complexity index is 1530. The Hall–Kier alpha value is -2.83. The van der Waals surface area contributed by atoms with Gasteiger partial charge in [-0.05, 0) is 24.3 Å². The SMILES string of the molecule is O=c1ccc2c(-c3ccccc3Cl)nc(N3CC4CC3=CCN4)cc2n1-c1c(Cl)cccc1Cl. The van der Waals surface area contributed by atoms with E-state index in [0.29, 0.717) is 38.0 Å². The van der Waals surface area contributed by atoms with Crippen LogP contribution in [0.4, 0.5) is 5.82 Å². The lowest BCUT2D eigenvalue weighted by molar-refractivity contribution is 0.580. The molecule has 6 rings (SSSR count). The zero-order chi connectivity index (χ0) is 23.4. The number of nitrogens with zero attached hydrogens (tertiary/aromatic N) is 3. The summed E-state index contributed by atoms with van der Waals surface area (Å²) < 4.78 is 1.57. The number of benzene rings is 2. The second-order valence-corrected chi connectivity index (χ2v) is 9.66. The lowest BCUT2D eigenvalue weighted by Gasteiger charge is -2.22. The lowest BCUT2D eigenvalue weighted by Crippen LogP contribution is -2.32. The Morgan fingerprint density at radius 3 is 2.47 bits per heavy atom. The van der Waals surface area contributed by atoms with Crippen molar-refractivity contribution >= 4 is 51.5 Å². The molecule has 2 bridgehead atoms. The van der Waals surface area contributed by atoms with Gasteiger partial charge in [0.2, 0.25) is 0 Å². The minimum atomic E-state index is -0.231. The summed E-state index contributed by atoms with van der Waals surface area (Å²) in [6.07, 6.45) is 3.13. The zero-order valence-corrected chi connectivity index (χ0v) is 20.2. The molecular weight excluding hydrogens is 491 g/mol. The molecule has 34 heavy (non-hydrogen) atoms. The van der Waals surface area contributed by atoms with E-state index in [9.17, 15) is 4.79 Å². The van der Waals surface area contributed by atoms with Crippen molar-refractivity contribution in [1.82, 2.24) is 14.9 Å². The molecule has 0 amide bonds. The minimum absolute atomic E-state index is 0.231. The molecule has 0 saturated carbocycles. The van der Waals surface area contributed by atoms with Gasteiger partial charge in [0.05, 0.1) is 26.9 Å².